The van der Waals surface area contributed by atoms with Crippen molar-refractivity contribution in [3.63, 3.8) is 0 Å². The smallest absolute Gasteiger partial charge is 0.315 e. The lowest BCUT2D eigenvalue weighted by molar-refractivity contribution is -0.232. The third-order valence-corrected chi connectivity index (χ3v) is 15.1. The van der Waals surface area contributed by atoms with Crippen molar-refractivity contribution in [1.29, 1.82) is 0 Å². The van der Waals surface area contributed by atoms with E-state index in [1.165, 1.54) is 5.57 Å². The molecule has 6 rings (SSSR count). The number of esters is 1. The number of amides is 2. The van der Waals surface area contributed by atoms with Crippen LogP contribution in [-0.4, -0.2) is 50.7 Å². The van der Waals surface area contributed by atoms with Gasteiger partial charge in [-0.25, -0.2) is 4.79 Å². The number of ether oxygens (including phenoxy) is 1. The Bertz CT molecular complexity index is 1640. The SMILES string of the molecule is Cc1nnc(CNC(=O)N[C@@]23CC[C@]4(C)[C@H](CC[C@@H]5[C@@]6(C)CC[C@H](OC(=O)CC(C)(C)C(=O)O)C(C)(C)[C@@H]6CC[C@]54C)C2=C(C(C)C)C(=O)C3)o1. The Labute approximate surface area is 302 Å². The van der Waals surface area contributed by atoms with Gasteiger partial charge in [-0.1, -0.05) is 48.5 Å². The number of ketones is 1. The van der Waals surface area contributed by atoms with Gasteiger partial charge >= 0.3 is 18.0 Å². The molecule has 0 aliphatic heterocycles. The van der Waals surface area contributed by atoms with Crippen LogP contribution in [0.25, 0.3) is 0 Å². The molecule has 5 aliphatic carbocycles. The Balaban J connectivity index is 1.26. The van der Waals surface area contributed by atoms with E-state index >= 15 is 0 Å². The number of fused-ring (bicyclic) bond motifs is 7. The first-order chi connectivity index (χ1) is 23.6. The molecular weight excluding hydrogens is 648 g/mol. The highest BCUT2D eigenvalue weighted by molar-refractivity contribution is 6.02. The monoisotopic (exact) mass is 708 g/mol. The van der Waals surface area contributed by atoms with Gasteiger partial charge in [0.25, 0.3) is 0 Å². The van der Waals surface area contributed by atoms with Gasteiger partial charge in [0.1, 0.15) is 6.10 Å². The van der Waals surface area contributed by atoms with Gasteiger partial charge in [0.15, 0.2) is 5.78 Å². The van der Waals surface area contributed by atoms with Crippen molar-refractivity contribution in [3.8, 4) is 0 Å². The number of Topliss-reactive ketones (excluding diaryl/α,β-unsaturated/α-hetero) is 1. The van der Waals surface area contributed by atoms with Gasteiger partial charge in [0, 0.05) is 18.8 Å². The fraction of sp³-hybridized carbons (Fsp3) is 0.800. The van der Waals surface area contributed by atoms with Crippen LogP contribution in [0.2, 0.25) is 0 Å². The Morgan fingerprint density at radius 2 is 1.67 bits per heavy atom. The van der Waals surface area contributed by atoms with Gasteiger partial charge in [-0.3, -0.25) is 14.4 Å². The van der Waals surface area contributed by atoms with E-state index in [9.17, 15) is 24.3 Å². The summed E-state index contributed by atoms with van der Waals surface area (Å²) in [6.45, 7) is 21.2. The van der Waals surface area contributed by atoms with Crippen molar-refractivity contribution in [1.82, 2.24) is 20.8 Å². The molecule has 8 atom stereocenters. The van der Waals surface area contributed by atoms with Crippen LogP contribution in [0.5, 0.6) is 0 Å². The molecule has 4 fully saturated rings. The minimum absolute atomic E-state index is 0.0111. The maximum atomic E-state index is 13.9. The first-order valence-electron chi connectivity index (χ1n) is 19.2. The third kappa shape index (κ3) is 5.83. The number of rotatable bonds is 8. The largest absolute Gasteiger partial charge is 0.481 e. The van der Waals surface area contributed by atoms with E-state index < -0.39 is 22.9 Å². The number of nitrogens with zero attached hydrogens (tertiary/aromatic N) is 2. The lowest BCUT2D eigenvalue weighted by Crippen LogP contribution is -2.67. The molecule has 0 unspecified atom stereocenters. The van der Waals surface area contributed by atoms with Crippen molar-refractivity contribution >= 4 is 23.8 Å². The molecule has 0 bridgehead atoms. The molecule has 1 aromatic heterocycles. The number of hydrogen-bond acceptors (Lipinski definition) is 8. The number of carbonyl (C=O) groups excluding carboxylic acids is 3. The Hall–Kier alpha value is -3.24. The van der Waals surface area contributed by atoms with Gasteiger partial charge in [-0.2, -0.15) is 0 Å². The summed E-state index contributed by atoms with van der Waals surface area (Å²) in [6, 6.07) is -0.330. The van der Waals surface area contributed by atoms with Crippen molar-refractivity contribution in [2.45, 2.75) is 152 Å². The normalized spacial score (nSPS) is 37.2. The molecule has 0 spiro atoms. The molecule has 5 aliphatic rings. The molecule has 0 aromatic carbocycles. The van der Waals surface area contributed by atoms with Crippen LogP contribution in [0.4, 0.5) is 4.79 Å². The summed E-state index contributed by atoms with van der Waals surface area (Å²) in [4.78, 5) is 52.2. The molecule has 2 amide bonds. The first-order valence-corrected chi connectivity index (χ1v) is 19.2. The molecular formula is C40H60N4O7. The van der Waals surface area contributed by atoms with E-state index in [1.54, 1.807) is 20.8 Å². The predicted octanol–water partition coefficient (Wildman–Crippen LogP) is 7.32. The van der Waals surface area contributed by atoms with E-state index in [2.05, 4.69) is 69.3 Å². The molecule has 0 saturated heterocycles. The molecule has 3 N–H and O–H groups in total. The number of aromatic nitrogens is 2. The molecule has 51 heavy (non-hydrogen) atoms. The van der Waals surface area contributed by atoms with Gasteiger partial charge in [-0.05, 0) is 116 Å². The van der Waals surface area contributed by atoms with Crippen molar-refractivity contribution in [2.24, 2.45) is 50.7 Å². The number of urea groups is 1. The Kier molecular flexibility index (Phi) is 9.14. The third-order valence-electron chi connectivity index (χ3n) is 15.1. The summed E-state index contributed by atoms with van der Waals surface area (Å²) in [7, 11) is 0. The summed E-state index contributed by atoms with van der Waals surface area (Å²) in [5.41, 5.74) is -0.0832. The Morgan fingerprint density at radius 1 is 0.961 bits per heavy atom. The van der Waals surface area contributed by atoms with E-state index in [4.69, 9.17) is 9.15 Å². The summed E-state index contributed by atoms with van der Waals surface area (Å²) in [5.74, 6) is 0.528. The zero-order chi connectivity index (χ0) is 37.5. The fourth-order valence-electron chi connectivity index (χ4n) is 12.4. The highest BCUT2D eigenvalue weighted by Gasteiger charge is 2.70. The summed E-state index contributed by atoms with van der Waals surface area (Å²) in [6.07, 6.45) is 7.30. The number of allylic oxidation sites excluding steroid dienone is 1. The topological polar surface area (TPSA) is 161 Å². The maximum absolute atomic E-state index is 13.9. The highest BCUT2D eigenvalue weighted by Crippen LogP contribution is 2.76. The number of aliphatic carboxylic acids is 1. The zero-order valence-corrected chi connectivity index (χ0v) is 32.5. The van der Waals surface area contributed by atoms with Crippen molar-refractivity contribution in [3.05, 3.63) is 22.9 Å². The molecule has 4 saturated carbocycles. The molecule has 1 aromatic rings. The van der Waals surface area contributed by atoms with Gasteiger partial charge < -0.3 is 24.9 Å². The minimum atomic E-state index is -1.18. The molecule has 11 nitrogen and oxygen atoms in total. The number of nitrogens with one attached hydrogen (secondary N) is 2. The Morgan fingerprint density at radius 3 is 2.29 bits per heavy atom. The molecule has 1 heterocycles. The second-order valence-electron chi connectivity index (χ2n) is 19.0. The van der Waals surface area contributed by atoms with Crippen LogP contribution < -0.4 is 10.6 Å². The number of hydrogen-bond donors (Lipinski definition) is 3. The first kappa shape index (κ1) is 37.5. The number of carboxylic acid groups (broad SMARTS) is 1. The summed E-state index contributed by atoms with van der Waals surface area (Å²) < 4.78 is 11.6. The van der Waals surface area contributed by atoms with Crippen LogP contribution >= 0.6 is 0 Å². The summed E-state index contributed by atoms with van der Waals surface area (Å²) >= 11 is 0. The van der Waals surface area contributed by atoms with Crippen LogP contribution in [0.15, 0.2) is 15.6 Å². The van der Waals surface area contributed by atoms with Crippen molar-refractivity contribution in [2.75, 3.05) is 0 Å². The standard InChI is InChI=1S/C40H60N4O7/c1-22(2)31-25(45)19-40(42-34(49)41-21-29-44-43-23(3)50-29)18-17-38(9)24(32(31)40)11-12-27-37(8)15-14-28(51-30(46)20-35(4,5)33(47)48)36(6,7)26(37)13-16-39(27,38)10/h22,24,26-28H,11-21H2,1-10H3,(H,47,48)(H2,41,42,49)/t24-,26+,27-,28+,37+,38-,39-,40-/m1/s1. The summed E-state index contributed by atoms with van der Waals surface area (Å²) in [5, 5.41) is 23.7. The quantitative estimate of drug-likeness (QED) is 0.235. The van der Waals surface area contributed by atoms with Crippen LogP contribution in [0.3, 0.4) is 0 Å². The number of carbonyl (C=O) groups is 4. The number of carboxylic acids is 1. The molecule has 11 heteroatoms. The van der Waals surface area contributed by atoms with Gasteiger partial charge in [0.2, 0.25) is 11.8 Å². The van der Waals surface area contributed by atoms with Gasteiger partial charge in [0.05, 0.1) is 23.9 Å². The lowest BCUT2D eigenvalue weighted by atomic mass is 9.33. The average molecular weight is 709 g/mol. The van der Waals surface area contributed by atoms with E-state index in [0.29, 0.717) is 36.5 Å². The van der Waals surface area contributed by atoms with E-state index in [1.807, 2.05) is 0 Å². The van der Waals surface area contributed by atoms with Crippen molar-refractivity contribution < 1.29 is 33.4 Å². The minimum Gasteiger partial charge on any atom is -0.481 e. The number of aryl methyl sites for hydroxylation is 1. The lowest BCUT2D eigenvalue weighted by Gasteiger charge is -2.72. The predicted molar refractivity (Wildman–Crippen MR) is 190 cm³/mol. The van der Waals surface area contributed by atoms with E-state index in [-0.39, 0.29) is 64.4 Å². The molecule has 0 radical (unpaired) electrons. The zero-order valence-electron chi connectivity index (χ0n) is 32.5. The highest BCUT2D eigenvalue weighted by atomic mass is 16.5. The van der Waals surface area contributed by atoms with Crippen LogP contribution in [0, 0.1) is 57.7 Å². The second kappa shape index (κ2) is 12.4. The van der Waals surface area contributed by atoms with E-state index in [0.717, 1.165) is 50.5 Å². The average Bonchev–Trinajstić information content (AvgIpc) is 3.57. The van der Waals surface area contributed by atoms with Crippen LogP contribution in [-0.2, 0) is 25.7 Å². The second-order valence-corrected chi connectivity index (χ2v) is 19.0. The maximum Gasteiger partial charge on any atom is 0.315 e. The van der Waals surface area contributed by atoms with Crippen LogP contribution in [0.1, 0.15) is 138 Å². The van der Waals surface area contributed by atoms with Gasteiger partial charge in [-0.15, -0.1) is 10.2 Å². The fourth-order valence-corrected chi connectivity index (χ4v) is 12.4. The molecule has 282 valence electrons.